The van der Waals surface area contributed by atoms with Gasteiger partial charge in [0.1, 0.15) is 6.10 Å². The fourth-order valence-electron chi connectivity index (χ4n) is 3.79. The highest BCUT2D eigenvalue weighted by Crippen LogP contribution is 2.15. The number of unbranched alkanes of at least 4 members (excludes halogenated alkanes) is 11. The fraction of sp³-hybridized carbons (Fsp3) is 0.714. The quantitative estimate of drug-likeness (QED) is 0.158. The molecule has 0 saturated heterocycles. The number of carbonyl (C=O) groups excluding carboxylic acids is 2. The molecule has 0 N–H and O–H groups in total. The Morgan fingerprint density at radius 1 is 0.719 bits per heavy atom. The summed E-state index contributed by atoms with van der Waals surface area (Å²) in [5, 5.41) is 0. The second kappa shape index (κ2) is 18.7. The van der Waals surface area contributed by atoms with Crippen LogP contribution in [0.5, 0.6) is 0 Å². The number of hydrogen-bond donors (Lipinski definition) is 0. The molecule has 0 aromatic heterocycles. The van der Waals surface area contributed by atoms with Gasteiger partial charge in [0, 0.05) is 0 Å². The molecule has 0 fully saturated rings. The second-order valence-electron chi connectivity index (χ2n) is 8.83. The Hall–Kier alpha value is -1.84. The molecule has 182 valence electrons. The first-order valence-electron chi connectivity index (χ1n) is 13.1. The number of benzene rings is 1. The highest BCUT2D eigenvalue weighted by molar-refractivity contribution is 5.95. The molecule has 1 atom stereocenters. The van der Waals surface area contributed by atoms with Crippen molar-refractivity contribution in [3.8, 4) is 0 Å². The Balaban J connectivity index is 2.24. The van der Waals surface area contributed by atoms with Crippen molar-refractivity contribution in [2.45, 2.75) is 123 Å². The minimum Gasteiger partial charge on any atom is -0.462 e. The lowest BCUT2D eigenvalue weighted by molar-refractivity contribution is 0.0268. The third-order valence-corrected chi connectivity index (χ3v) is 5.92. The molecule has 4 heteroatoms. The lowest BCUT2D eigenvalue weighted by Gasteiger charge is -2.16. The minimum atomic E-state index is -0.371. The maximum Gasteiger partial charge on any atom is 0.338 e. The molecule has 0 radical (unpaired) electrons. The van der Waals surface area contributed by atoms with Crippen LogP contribution in [0, 0.1) is 0 Å². The Kier molecular flexibility index (Phi) is 16.5. The van der Waals surface area contributed by atoms with Crippen molar-refractivity contribution in [3.63, 3.8) is 0 Å². The van der Waals surface area contributed by atoms with E-state index in [9.17, 15) is 9.59 Å². The molecule has 0 amide bonds. The molecular weight excluding hydrogens is 400 g/mol. The molecule has 1 aromatic rings. The normalized spacial score (nSPS) is 11.8. The summed E-state index contributed by atoms with van der Waals surface area (Å²) in [6.45, 7) is 6.83. The monoisotopic (exact) mass is 446 g/mol. The van der Waals surface area contributed by atoms with Crippen molar-refractivity contribution in [1.29, 1.82) is 0 Å². The molecule has 1 rings (SSSR count). The van der Waals surface area contributed by atoms with Crippen LogP contribution < -0.4 is 0 Å². The van der Waals surface area contributed by atoms with Gasteiger partial charge in [-0.2, -0.15) is 0 Å². The van der Waals surface area contributed by atoms with Gasteiger partial charge in [0.15, 0.2) is 0 Å². The predicted molar refractivity (Wildman–Crippen MR) is 132 cm³/mol. The molecular formula is C28H46O4. The number of rotatable bonds is 19. The fourth-order valence-corrected chi connectivity index (χ4v) is 3.79. The van der Waals surface area contributed by atoms with Crippen LogP contribution in [0.25, 0.3) is 0 Å². The van der Waals surface area contributed by atoms with Crippen molar-refractivity contribution in [2.24, 2.45) is 0 Å². The van der Waals surface area contributed by atoms with Gasteiger partial charge in [0.05, 0.1) is 17.7 Å². The van der Waals surface area contributed by atoms with Gasteiger partial charge >= 0.3 is 11.9 Å². The molecule has 1 unspecified atom stereocenters. The maximum absolute atomic E-state index is 12.5. The predicted octanol–water partition coefficient (Wildman–Crippen LogP) is 8.28. The van der Waals surface area contributed by atoms with Crippen molar-refractivity contribution in [2.75, 3.05) is 6.61 Å². The summed E-state index contributed by atoms with van der Waals surface area (Å²) in [5.41, 5.74) is 0.813. The van der Waals surface area contributed by atoms with Crippen molar-refractivity contribution in [1.82, 2.24) is 0 Å². The van der Waals surface area contributed by atoms with E-state index in [-0.39, 0.29) is 18.0 Å². The van der Waals surface area contributed by atoms with Crippen LogP contribution in [0.1, 0.15) is 138 Å². The van der Waals surface area contributed by atoms with Crippen molar-refractivity contribution < 1.29 is 19.1 Å². The highest BCUT2D eigenvalue weighted by Gasteiger charge is 2.16. The summed E-state index contributed by atoms with van der Waals surface area (Å²) in [6.07, 6.45) is 17.6. The van der Waals surface area contributed by atoms with Gasteiger partial charge in [0.25, 0.3) is 0 Å². The SMILES string of the molecule is CCCCCCCCCCCCCOC(=O)c1cccc(C(=O)OC(CC)CCCC)c1. The zero-order chi connectivity index (χ0) is 23.4. The van der Waals surface area contributed by atoms with Crippen LogP contribution in [0.4, 0.5) is 0 Å². The Morgan fingerprint density at radius 2 is 1.25 bits per heavy atom. The lowest BCUT2D eigenvalue weighted by atomic mass is 10.1. The minimum absolute atomic E-state index is 0.0703. The van der Waals surface area contributed by atoms with E-state index >= 15 is 0 Å². The van der Waals surface area contributed by atoms with Crippen LogP contribution >= 0.6 is 0 Å². The second-order valence-corrected chi connectivity index (χ2v) is 8.83. The zero-order valence-electron chi connectivity index (χ0n) is 20.8. The van der Waals surface area contributed by atoms with Gasteiger partial charge in [-0.3, -0.25) is 0 Å². The Morgan fingerprint density at radius 3 is 1.81 bits per heavy atom. The first-order valence-corrected chi connectivity index (χ1v) is 13.1. The standard InChI is InChI=1S/C28H46O4/c1-4-7-9-10-11-12-13-14-15-16-17-22-31-27(29)24-19-18-20-25(23-24)28(30)32-26(6-3)21-8-5-2/h18-20,23,26H,4-17,21-22H2,1-3H3. The molecule has 0 heterocycles. The zero-order valence-corrected chi connectivity index (χ0v) is 20.8. The first-order chi connectivity index (χ1) is 15.6. The molecule has 0 aliphatic rings. The Labute approximate surface area is 196 Å². The van der Waals surface area contributed by atoms with E-state index in [0.29, 0.717) is 17.7 Å². The van der Waals surface area contributed by atoms with Crippen LogP contribution in [0.15, 0.2) is 24.3 Å². The first kappa shape index (κ1) is 28.2. The molecule has 4 nitrogen and oxygen atoms in total. The van der Waals surface area contributed by atoms with Gasteiger partial charge in [-0.25, -0.2) is 9.59 Å². The molecule has 0 saturated carbocycles. The third-order valence-electron chi connectivity index (χ3n) is 5.92. The summed E-state index contributed by atoms with van der Waals surface area (Å²) in [4.78, 5) is 24.8. The number of carbonyl (C=O) groups is 2. The van der Waals surface area contributed by atoms with E-state index in [1.54, 1.807) is 24.3 Å². The lowest BCUT2D eigenvalue weighted by Crippen LogP contribution is -2.18. The van der Waals surface area contributed by atoms with Crippen LogP contribution in [-0.4, -0.2) is 24.6 Å². The maximum atomic E-state index is 12.5. The largest absolute Gasteiger partial charge is 0.462 e. The molecule has 0 aliphatic carbocycles. The smallest absolute Gasteiger partial charge is 0.338 e. The van der Waals surface area contributed by atoms with Gasteiger partial charge in [-0.05, 0) is 37.5 Å². The van der Waals surface area contributed by atoms with Crippen molar-refractivity contribution >= 4 is 11.9 Å². The third kappa shape index (κ3) is 12.9. The van der Waals surface area contributed by atoms with Gasteiger partial charge in [-0.1, -0.05) is 104 Å². The molecule has 1 aromatic carbocycles. The molecule has 0 spiro atoms. The van der Waals surface area contributed by atoms with E-state index in [2.05, 4.69) is 13.8 Å². The molecule has 32 heavy (non-hydrogen) atoms. The average Bonchev–Trinajstić information content (AvgIpc) is 2.82. The average molecular weight is 447 g/mol. The van der Waals surface area contributed by atoms with E-state index in [1.165, 1.54) is 57.8 Å². The van der Waals surface area contributed by atoms with Crippen molar-refractivity contribution in [3.05, 3.63) is 35.4 Å². The van der Waals surface area contributed by atoms with Crippen LogP contribution in [0.3, 0.4) is 0 Å². The summed E-state index contributed by atoms with van der Waals surface area (Å²) >= 11 is 0. The molecule has 0 aliphatic heterocycles. The van der Waals surface area contributed by atoms with Gasteiger partial charge in [0.2, 0.25) is 0 Å². The Bertz CT molecular complexity index is 626. The topological polar surface area (TPSA) is 52.6 Å². The summed E-state index contributed by atoms with van der Waals surface area (Å²) in [7, 11) is 0. The van der Waals surface area contributed by atoms with E-state index in [0.717, 1.165) is 38.5 Å². The van der Waals surface area contributed by atoms with Crippen LogP contribution in [0.2, 0.25) is 0 Å². The van der Waals surface area contributed by atoms with E-state index in [1.807, 2.05) is 6.92 Å². The van der Waals surface area contributed by atoms with E-state index in [4.69, 9.17) is 9.47 Å². The summed E-state index contributed by atoms with van der Waals surface area (Å²) in [6, 6.07) is 6.67. The van der Waals surface area contributed by atoms with Crippen LogP contribution in [-0.2, 0) is 9.47 Å². The highest BCUT2D eigenvalue weighted by atomic mass is 16.5. The number of esters is 2. The van der Waals surface area contributed by atoms with E-state index < -0.39 is 0 Å². The van der Waals surface area contributed by atoms with Gasteiger partial charge in [-0.15, -0.1) is 0 Å². The summed E-state index contributed by atoms with van der Waals surface area (Å²) < 4.78 is 11.0. The molecule has 0 bridgehead atoms. The number of hydrogen-bond acceptors (Lipinski definition) is 4. The van der Waals surface area contributed by atoms with Gasteiger partial charge < -0.3 is 9.47 Å². The summed E-state index contributed by atoms with van der Waals surface area (Å²) in [5.74, 6) is -0.738. The number of ether oxygens (including phenoxy) is 2.